The van der Waals surface area contributed by atoms with Gasteiger partial charge < -0.3 is 9.67 Å². The molecule has 4 heteroatoms. The fourth-order valence-electron chi connectivity index (χ4n) is 3.01. The minimum atomic E-state index is -0.822. The van der Waals surface area contributed by atoms with E-state index in [-0.39, 0.29) is 6.42 Å². The number of aryl methyl sites for hydroxylation is 3. The molecule has 0 aliphatic heterocycles. The number of carboxylic acids is 1. The van der Waals surface area contributed by atoms with E-state index >= 15 is 0 Å². The monoisotopic (exact) mass is 322 g/mol. The van der Waals surface area contributed by atoms with Gasteiger partial charge in [0.2, 0.25) is 0 Å². The Labute approximate surface area is 141 Å². The normalized spacial score (nSPS) is 11.1. The fourth-order valence-corrected chi connectivity index (χ4v) is 3.01. The number of aliphatic carboxylic acids is 1. The first-order valence-electron chi connectivity index (χ1n) is 8.28. The maximum atomic E-state index is 10.9. The number of imidazole rings is 1. The summed E-state index contributed by atoms with van der Waals surface area (Å²) in [6, 6.07) is 12.2. The average Bonchev–Trinajstić information content (AvgIpc) is 2.88. The van der Waals surface area contributed by atoms with Crippen molar-refractivity contribution in [1.82, 2.24) is 9.55 Å². The molecule has 0 spiro atoms. The van der Waals surface area contributed by atoms with Crippen LogP contribution < -0.4 is 0 Å². The number of carbonyl (C=O) groups is 1. The van der Waals surface area contributed by atoms with E-state index in [1.165, 1.54) is 11.1 Å². The van der Waals surface area contributed by atoms with Crippen molar-refractivity contribution < 1.29 is 9.90 Å². The Morgan fingerprint density at radius 3 is 2.58 bits per heavy atom. The second kappa shape index (κ2) is 6.48. The molecule has 0 fully saturated rings. The third kappa shape index (κ3) is 3.04. The van der Waals surface area contributed by atoms with Crippen molar-refractivity contribution in [3.63, 3.8) is 0 Å². The maximum Gasteiger partial charge on any atom is 0.307 e. The lowest BCUT2D eigenvalue weighted by Crippen LogP contribution is -2.01. The number of benzene rings is 2. The van der Waals surface area contributed by atoms with Gasteiger partial charge in [-0.3, -0.25) is 4.79 Å². The number of hydrogen-bond donors (Lipinski definition) is 1. The average molecular weight is 322 g/mol. The largest absolute Gasteiger partial charge is 0.481 e. The Bertz CT molecular complexity index is 909. The summed E-state index contributed by atoms with van der Waals surface area (Å²) in [6.45, 7) is 7.24. The molecule has 3 aromatic rings. The number of rotatable bonds is 5. The van der Waals surface area contributed by atoms with Gasteiger partial charge in [0.25, 0.3) is 0 Å². The third-order valence-corrected chi connectivity index (χ3v) is 4.38. The summed E-state index contributed by atoms with van der Waals surface area (Å²) in [6.07, 6.45) is 1.04. The van der Waals surface area contributed by atoms with E-state index in [0.717, 1.165) is 41.0 Å². The van der Waals surface area contributed by atoms with E-state index in [2.05, 4.69) is 43.5 Å². The molecule has 0 bridgehead atoms. The number of carboxylic acid groups (broad SMARTS) is 1. The van der Waals surface area contributed by atoms with Crippen molar-refractivity contribution in [2.45, 2.75) is 40.2 Å². The second-order valence-corrected chi connectivity index (χ2v) is 6.28. The van der Waals surface area contributed by atoms with Crippen LogP contribution in [0.1, 0.15) is 30.0 Å². The van der Waals surface area contributed by atoms with Crippen LogP contribution in [-0.4, -0.2) is 20.6 Å². The molecule has 24 heavy (non-hydrogen) atoms. The van der Waals surface area contributed by atoms with Crippen LogP contribution in [0, 0.1) is 13.8 Å². The van der Waals surface area contributed by atoms with Crippen molar-refractivity contribution >= 4 is 17.0 Å². The molecule has 124 valence electrons. The molecular weight excluding hydrogens is 300 g/mol. The first-order valence-corrected chi connectivity index (χ1v) is 8.28. The molecule has 0 aliphatic rings. The zero-order chi connectivity index (χ0) is 17.3. The van der Waals surface area contributed by atoms with Crippen LogP contribution in [0.3, 0.4) is 0 Å². The van der Waals surface area contributed by atoms with Crippen LogP contribution >= 0.6 is 0 Å². The molecule has 4 nitrogen and oxygen atoms in total. The predicted octanol–water partition coefficient (Wildman–Crippen LogP) is 4.36. The molecule has 0 saturated carbocycles. The van der Waals surface area contributed by atoms with E-state index in [1.54, 1.807) is 0 Å². The van der Waals surface area contributed by atoms with Crippen LogP contribution in [0.4, 0.5) is 0 Å². The van der Waals surface area contributed by atoms with Crippen molar-refractivity contribution in [2.24, 2.45) is 0 Å². The highest BCUT2D eigenvalue weighted by molar-refractivity contribution is 5.82. The lowest BCUT2D eigenvalue weighted by Gasteiger charge is -2.09. The molecule has 0 atom stereocenters. The topological polar surface area (TPSA) is 55.1 Å². The maximum absolute atomic E-state index is 10.9. The zero-order valence-corrected chi connectivity index (χ0v) is 14.3. The van der Waals surface area contributed by atoms with E-state index in [1.807, 2.05) is 18.2 Å². The van der Waals surface area contributed by atoms with Crippen molar-refractivity contribution in [3.8, 4) is 11.4 Å². The fraction of sp³-hybridized carbons (Fsp3) is 0.300. The Morgan fingerprint density at radius 1 is 1.12 bits per heavy atom. The molecule has 1 aromatic heterocycles. The Balaban J connectivity index is 2.16. The Morgan fingerprint density at radius 2 is 1.92 bits per heavy atom. The summed E-state index contributed by atoms with van der Waals surface area (Å²) < 4.78 is 2.23. The molecule has 0 unspecified atom stereocenters. The van der Waals surface area contributed by atoms with Gasteiger partial charge in [-0.1, -0.05) is 25.1 Å². The lowest BCUT2D eigenvalue weighted by molar-refractivity contribution is -0.136. The zero-order valence-electron chi connectivity index (χ0n) is 14.3. The molecule has 1 heterocycles. The highest BCUT2D eigenvalue weighted by atomic mass is 16.4. The first kappa shape index (κ1) is 16.2. The summed E-state index contributed by atoms with van der Waals surface area (Å²) in [5.74, 6) is 0.124. The van der Waals surface area contributed by atoms with Crippen molar-refractivity contribution in [3.05, 3.63) is 53.1 Å². The minimum absolute atomic E-state index is 0.0234. The van der Waals surface area contributed by atoms with Gasteiger partial charge >= 0.3 is 5.97 Å². The van der Waals surface area contributed by atoms with Crippen molar-refractivity contribution in [1.29, 1.82) is 0 Å². The summed E-state index contributed by atoms with van der Waals surface area (Å²) in [4.78, 5) is 15.8. The molecule has 0 amide bonds. The first-order chi connectivity index (χ1) is 11.5. The highest BCUT2D eigenvalue weighted by Crippen LogP contribution is 2.27. The van der Waals surface area contributed by atoms with Crippen LogP contribution in [0.5, 0.6) is 0 Å². The van der Waals surface area contributed by atoms with Crippen LogP contribution in [0.15, 0.2) is 36.4 Å². The molecule has 1 N–H and O–H groups in total. The van der Waals surface area contributed by atoms with Crippen LogP contribution in [0.25, 0.3) is 22.4 Å². The van der Waals surface area contributed by atoms with Gasteiger partial charge in [0.15, 0.2) is 0 Å². The SMILES string of the molecule is CCCn1c(-c2ccc(C)c(C)c2)nc2cc(CC(=O)O)ccc21. The predicted molar refractivity (Wildman–Crippen MR) is 96.3 cm³/mol. The molecule has 3 rings (SSSR count). The molecule has 2 aromatic carbocycles. The summed E-state index contributed by atoms with van der Waals surface area (Å²) in [5, 5.41) is 8.99. The Hall–Kier alpha value is -2.62. The van der Waals surface area contributed by atoms with Gasteiger partial charge in [-0.25, -0.2) is 4.98 Å². The van der Waals surface area contributed by atoms with Gasteiger partial charge in [-0.2, -0.15) is 0 Å². The van der Waals surface area contributed by atoms with Gasteiger partial charge in [0.1, 0.15) is 5.82 Å². The number of aromatic nitrogens is 2. The van der Waals surface area contributed by atoms with E-state index in [4.69, 9.17) is 10.1 Å². The smallest absolute Gasteiger partial charge is 0.307 e. The summed E-state index contributed by atoms with van der Waals surface area (Å²) >= 11 is 0. The Kier molecular flexibility index (Phi) is 4.38. The highest BCUT2D eigenvalue weighted by Gasteiger charge is 2.14. The number of fused-ring (bicyclic) bond motifs is 1. The van der Waals surface area contributed by atoms with Gasteiger partial charge in [0, 0.05) is 12.1 Å². The molecule has 0 radical (unpaired) electrons. The third-order valence-electron chi connectivity index (χ3n) is 4.38. The number of hydrogen-bond acceptors (Lipinski definition) is 2. The standard InChI is InChI=1S/C20H22N2O2/c1-4-9-22-18-8-6-15(12-19(23)24)11-17(18)21-20(22)16-7-5-13(2)14(3)10-16/h5-8,10-11H,4,9,12H2,1-3H3,(H,23,24). The van der Waals surface area contributed by atoms with Crippen LogP contribution in [0.2, 0.25) is 0 Å². The minimum Gasteiger partial charge on any atom is -0.481 e. The number of nitrogens with zero attached hydrogens (tertiary/aromatic N) is 2. The van der Waals surface area contributed by atoms with Crippen molar-refractivity contribution in [2.75, 3.05) is 0 Å². The summed E-state index contributed by atoms with van der Waals surface area (Å²) in [7, 11) is 0. The van der Waals surface area contributed by atoms with Gasteiger partial charge in [0.05, 0.1) is 17.5 Å². The molecule has 0 saturated heterocycles. The van der Waals surface area contributed by atoms with Gasteiger partial charge in [-0.15, -0.1) is 0 Å². The van der Waals surface area contributed by atoms with E-state index < -0.39 is 5.97 Å². The van der Waals surface area contributed by atoms with Crippen LogP contribution in [-0.2, 0) is 17.8 Å². The van der Waals surface area contributed by atoms with Gasteiger partial charge in [-0.05, 0) is 55.2 Å². The molecular formula is C20H22N2O2. The second-order valence-electron chi connectivity index (χ2n) is 6.28. The van der Waals surface area contributed by atoms with E-state index in [9.17, 15) is 4.79 Å². The van der Waals surface area contributed by atoms with E-state index in [0.29, 0.717) is 0 Å². The lowest BCUT2D eigenvalue weighted by atomic mass is 10.1. The summed E-state index contributed by atoms with van der Waals surface area (Å²) in [5.41, 5.74) is 6.30. The molecule has 0 aliphatic carbocycles. The quantitative estimate of drug-likeness (QED) is 0.759.